The molecule has 5 aromatic rings. The minimum absolute atomic E-state index is 0.0127. The number of rotatable bonds is 7. The van der Waals surface area contributed by atoms with Crippen molar-refractivity contribution in [2.24, 2.45) is 0 Å². The first kappa shape index (κ1) is 25.3. The molecule has 0 saturated heterocycles. The van der Waals surface area contributed by atoms with Gasteiger partial charge in [-0.1, -0.05) is 12.1 Å². The number of fused-ring (bicyclic) bond motifs is 3. The van der Waals surface area contributed by atoms with E-state index in [0.717, 1.165) is 0 Å². The highest BCUT2D eigenvalue weighted by Crippen LogP contribution is 2.34. The van der Waals surface area contributed by atoms with Crippen LogP contribution < -0.4 is 25.7 Å². The molecule has 0 aliphatic heterocycles. The number of benzene rings is 3. The van der Waals surface area contributed by atoms with E-state index >= 15 is 0 Å². The minimum atomic E-state index is -0.681. The van der Waals surface area contributed by atoms with Crippen LogP contribution in [-0.4, -0.2) is 35.5 Å². The van der Waals surface area contributed by atoms with Crippen molar-refractivity contribution in [2.75, 3.05) is 24.4 Å². The summed E-state index contributed by atoms with van der Waals surface area (Å²) in [5.74, 6) is -0.483. The first-order valence-corrected chi connectivity index (χ1v) is 11.7. The molecule has 5 rings (SSSR count). The second-order valence-electron chi connectivity index (χ2n) is 8.40. The third-order valence-corrected chi connectivity index (χ3v) is 5.66. The quantitative estimate of drug-likeness (QED) is 0.233. The molecule has 3 aromatic carbocycles. The lowest BCUT2D eigenvalue weighted by atomic mass is 10.1. The number of amides is 2. The van der Waals surface area contributed by atoms with Crippen LogP contribution in [0.2, 0.25) is 0 Å². The van der Waals surface area contributed by atoms with E-state index in [-0.39, 0.29) is 29.4 Å². The second-order valence-corrected chi connectivity index (χ2v) is 8.40. The van der Waals surface area contributed by atoms with Gasteiger partial charge in [0.1, 0.15) is 16.8 Å². The van der Waals surface area contributed by atoms with Gasteiger partial charge >= 0.3 is 5.63 Å². The molecule has 10 nitrogen and oxygen atoms in total. The lowest BCUT2D eigenvalue weighted by molar-refractivity contribution is -0.118. The Morgan fingerprint density at radius 1 is 0.974 bits per heavy atom. The van der Waals surface area contributed by atoms with Gasteiger partial charge in [0.15, 0.2) is 29.7 Å². The number of anilines is 2. The Morgan fingerprint density at radius 3 is 2.49 bits per heavy atom. The normalized spacial score (nSPS) is 10.8. The Labute approximate surface area is 220 Å². The largest absolute Gasteiger partial charge is 0.493 e. The van der Waals surface area contributed by atoms with Crippen LogP contribution in [0.25, 0.3) is 33.3 Å². The molecule has 0 saturated carbocycles. The summed E-state index contributed by atoms with van der Waals surface area (Å²) in [6, 6.07) is 17.1. The number of carbonyl (C=O) groups is 2. The number of para-hydroxylation sites is 1. The summed E-state index contributed by atoms with van der Waals surface area (Å²) >= 11 is 0. The molecule has 0 unspecified atom stereocenters. The van der Waals surface area contributed by atoms with Crippen LogP contribution in [0.4, 0.5) is 15.9 Å². The molecule has 0 aliphatic carbocycles. The topological polar surface area (TPSA) is 133 Å². The van der Waals surface area contributed by atoms with E-state index in [1.807, 2.05) is 0 Å². The van der Waals surface area contributed by atoms with Crippen LogP contribution in [-0.2, 0) is 9.59 Å². The standard InChI is InChI=1S/C28H21FN4O6/c1-15(34)30-27-24-25(19-5-3-4-6-20(19)39-28(24)36)32-26(33-27)16-7-12-21(22(13-16)37-2)38-14-23(35)31-18-10-8-17(29)9-11-18/h3-13H,14H2,1-2H3,(H,31,35)(H,30,32,33,34). The summed E-state index contributed by atoms with van der Waals surface area (Å²) < 4.78 is 29.6. The molecule has 2 N–H and O–H groups in total. The number of aromatic nitrogens is 2. The van der Waals surface area contributed by atoms with Gasteiger partial charge in [0.2, 0.25) is 5.91 Å². The molecule has 2 aromatic heterocycles. The molecule has 2 heterocycles. The lowest BCUT2D eigenvalue weighted by Gasteiger charge is -2.13. The Balaban J connectivity index is 1.48. The van der Waals surface area contributed by atoms with Crippen molar-refractivity contribution in [2.45, 2.75) is 6.92 Å². The summed E-state index contributed by atoms with van der Waals surface area (Å²) in [6.07, 6.45) is 0. The van der Waals surface area contributed by atoms with E-state index < -0.39 is 23.3 Å². The summed E-state index contributed by atoms with van der Waals surface area (Å²) in [5.41, 5.74) is 0.901. The number of hydrogen-bond donors (Lipinski definition) is 2. The molecule has 0 bridgehead atoms. The number of ether oxygens (including phenoxy) is 2. The van der Waals surface area contributed by atoms with Gasteiger partial charge in [0.25, 0.3) is 5.91 Å². The minimum Gasteiger partial charge on any atom is -0.493 e. The zero-order valence-corrected chi connectivity index (χ0v) is 20.8. The highest BCUT2D eigenvalue weighted by atomic mass is 19.1. The molecule has 0 radical (unpaired) electrons. The van der Waals surface area contributed by atoms with Crippen LogP contribution in [0, 0.1) is 5.82 Å². The third kappa shape index (κ3) is 5.37. The van der Waals surface area contributed by atoms with Gasteiger partial charge < -0.3 is 24.5 Å². The lowest BCUT2D eigenvalue weighted by Crippen LogP contribution is -2.20. The predicted molar refractivity (Wildman–Crippen MR) is 142 cm³/mol. The van der Waals surface area contributed by atoms with Gasteiger partial charge in [-0.25, -0.2) is 19.2 Å². The highest BCUT2D eigenvalue weighted by Gasteiger charge is 2.19. The fraction of sp³-hybridized carbons (Fsp3) is 0.107. The van der Waals surface area contributed by atoms with E-state index in [1.165, 1.54) is 38.3 Å². The summed E-state index contributed by atoms with van der Waals surface area (Å²) in [6.45, 7) is 0.978. The molecular weight excluding hydrogens is 507 g/mol. The highest BCUT2D eigenvalue weighted by molar-refractivity contribution is 6.08. The van der Waals surface area contributed by atoms with Crippen molar-refractivity contribution in [3.05, 3.63) is 83.0 Å². The Hall–Kier alpha value is -5.32. The Kier molecular flexibility index (Phi) is 6.87. The molecule has 0 fully saturated rings. The van der Waals surface area contributed by atoms with Crippen molar-refractivity contribution in [3.63, 3.8) is 0 Å². The summed E-state index contributed by atoms with van der Waals surface area (Å²) in [4.78, 5) is 46.0. The molecule has 0 aliphatic rings. The first-order valence-electron chi connectivity index (χ1n) is 11.7. The zero-order chi connectivity index (χ0) is 27.5. The maximum atomic E-state index is 13.1. The van der Waals surface area contributed by atoms with Crippen molar-refractivity contribution in [3.8, 4) is 22.9 Å². The second kappa shape index (κ2) is 10.6. The maximum absolute atomic E-state index is 13.1. The predicted octanol–water partition coefficient (Wildman–Crippen LogP) is 4.53. The molecule has 2 amide bonds. The monoisotopic (exact) mass is 528 g/mol. The number of nitrogens with one attached hydrogen (secondary N) is 2. The van der Waals surface area contributed by atoms with Crippen LogP contribution >= 0.6 is 0 Å². The SMILES string of the molecule is COc1cc(-c2nc(NC(C)=O)c3c(=O)oc4ccccc4c3n2)ccc1OCC(=O)Nc1ccc(F)cc1. The van der Waals surface area contributed by atoms with Gasteiger partial charge in [0.05, 0.1) is 12.6 Å². The van der Waals surface area contributed by atoms with Gasteiger partial charge in [-0.05, 0) is 54.6 Å². The average Bonchev–Trinajstić information content (AvgIpc) is 2.92. The van der Waals surface area contributed by atoms with Crippen molar-refractivity contribution in [1.82, 2.24) is 9.97 Å². The van der Waals surface area contributed by atoms with E-state index in [0.29, 0.717) is 33.5 Å². The fourth-order valence-corrected chi connectivity index (χ4v) is 3.94. The number of carbonyl (C=O) groups excluding carboxylic acids is 2. The first-order chi connectivity index (χ1) is 18.8. The van der Waals surface area contributed by atoms with Crippen LogP contribution in [0.1, 0.15) is 6.92 Å². The third-order valence-electron chi connectivity index (χ3n) is 5.66. The van der Waals surface area contributed by atoms with E-state index in [2.05, 4.69) is 20.6 Å². The molecule has 196 valence electrons. The van der Waals surface area contributed by atoms with Crippen molar-refractivity contribution in [1.29, 1.82) is 0 Å². The van der Waals surface area contributed by atoms with Crippen molar-refractivity contribution >= 4 is 45.2 Å². The van der Waals surface area contributed by atoms with Gasteiger partial charge in [0, 0.05) is 23.6 Å². The maximum Gasteiger partial charge on any atom is 0.349 e. The van der Waals surface area contributed by atoms with E-state index in [4.69, 9.17) is 13.9 Å². The van der Waals surface area contributed by atoms with E-state index in [9.17, 15) is 18.8 Å². The van der Waals surface area contributed by atoms with Crippen LogP contribution in [0.15, 0.2) is 75.9 Å². The van der Waals surface area contributed by atoms with Gasteiger partial charge in [-0.2, -0.15) is 0 Å². The molecule has 39 heavy (non-hydrogen) atoms. The zero-order valence-electron chi connectivity index (χ0n) is 20.8. The molecular formula is C28H21FN4O6. The Bertz CT molecular complexity index is 1790. The smallest absolute Gasteiger partial charge is 0.349 e. The van der Waals surface area contributed by atoms with Gasteiger partial charge in [-0.3, -0.25) is 9.59 Å². The summed E-state index contributed by atoms with van der Waals surface area (Å²) in [5, 5.41) is 5.82. The molecule has 0 atom stereocenters. The van der Waals surface area contributed by atoms with E-state index in [1.54, 1.807) is 42.5 Å². The van der Waals surface area contributed by atoms with Crippen LogP contribution in [0.5, 0.6) is 11.5 Å². The fourth-order valence-electron chi connectivity index (χ4n) is 3.94. The van der Waals surface area contributed by atoms with Gasteiger partial charge in [-0.15, -0.1) is 0 Å². The molecule has 11 heteroatoms. The molecule has 0 spiro atoms. The average molecular weight is 528 g/mol. The number of halogens is 1. The number of hydrogen-bond acceptors (Lipinski definition) is 8. The summed E-state index contributed by atoms with van der Waals surface area (Å²) in [7, 11) is 1.44. The van der Waals surface area contributed by atoms with Crippen molar-refractivity contribution < 1.29 is 27.9 Å². The number of methoxy groups -OCH3 is 1. The number of nitrogens with zero attached hydrogens (tertiary/aromatic N) is 2. The van der Waals surface area contributed by atoms with Crippen LogP contribution in [0.3, 0.4) is 0 Å². The Morgan fingerprint density at radius 2 is 1.74 bits per heavy atom.